The average Bonchev–Trinajstić information content (AvgIpc) is 2.20. The Labute approximate surface area is 105 Å². The first-order valence-electron chi connectivity index (χ1n) is 4.77. The molecule has 0 heterocycles. The van der Waals surface area contributed by atoms with Gasteiger partial charge in [-0.3, -0.25) is 0 Å². The van der Waals surface area contributed by atoms with Gasteiger partial charge in [0.15, 0.2) is 0 Å². The Morgan fingerprint density at radius 3 is 2.60 bits per heavy atom. The van der Waals surface area contributed by atoms with E-state index in [1.165, 1.54) is 0 Å². The minimum Gasteiger partial charge on any atom is -0.324 e. The lowest BCUT2D eigenvalue weighted by atomic mass is 9.93. The normalized spacial score (nSPS) is 14.2. The second kappa shape index (κ2) is 6.46. The molecule has 0 spiro atoms. The van der Waals surface area contributed by atoms with Crippen LogP contribution in [0.25, 0.3) is 0 Å². The second-order valence-electron chi connectivity index (χ2n) is 3.55. The largest absolute Gasteiger partial charge is 0.324 e. The molecule has 0 fully saturated rings. The van der Waals surface area contributed by atoms with Gasteiger partial charge in [0.25, 0.3) is 0 Å². The number of halogens is 3. The Balaban J connectivity index is 0.00000196. The van der Waals surface area contributed by atoms with Crippen LogP contribution in [0, 0.1) is 11.7 Å². The van der Waals surface area contributed by atoms with Gasteiger partial charge in [-0.1, -0.05) is 32.4 Å². The van der Waals surface area contributed by atoms with E-state index >= 15 is 0 Å². The fraction of sp³-hybridized carbons (Fsp3) is 0.455. The van der Waals surface area contributed by atoms with E-state index in [0.29, 0.717) is 16.0 Å². The van der Waals surface area contributed by atoms with Gasteiger partial charge in [0.2, 0.25) is 0 Å². The maximum atomic E-state index is 13.6. The first-order valence-corrected chi connectivity index (χ1v) is 5.56. The SMILES string of the molecule is CCC(C)[C@@H](N)c1cccc(Br)c1F.Cl. The summed E-state index contributed by atoms with van der Waals surface area (Å²) in [5.74, 6) is 0.0547. The standard InChI is InChI=1S/C11H15BrFN.ClH/c1-3-7(2)11(14)8-5-4-6-9(12)10(8)13;/h4-7,11H,3,14H2,1-2H3;1H/t7?,11-;/m1./s1. The third-order valence-corrected chi connectivity index (χ3v) is 3.21. The summed E-state index contributed by atoms with van der Waals surface area (Å²) >= 11 is 3.15. The fourth-order valence-corrected chi connectivity index (χ4v) is 1.72. The zero-order valence-corrected chi connectivity index (χ0v) is 11.2. The van der Waals surface area contributed by atoms with E-state index in [9.17, 15) is 4.39 Å². The van der Waals surface area contributed by atoms with Crippen LogP contribution in [0.1, 0.15) is 31.9 Å². The Hall–Kier alpha value is -0.120. The highest BCUT2D eigenvalue weighted by molar-refractivity contribution is 9.10. The first-order chi connectivity index (χ1) is 6.57. The van der Waals surface area contributed by atoms with Crippen molar-refractivity contribution in [2.75, 3.05) is 0 Å². The maximum Gasteiger partial charge on any atom is 0.142 e. The summed E-state index contributed by atoms with van der Waals surface area (Å²) in [7, 11) is 0. The van der Waals surface area contributed by atoms with Crippen molar-refractivity contribution < 1.29 is 4.39 Å². The van der Waals surface area contributed by atoms with E-state index in [1.807, 2.05) is 13.0 Å². The topological polar surface area (TPSA) is 26.0 Å². The summed E-state index contributed by atoms with van der Waals surface area (Å²) in [4.78, 5) is 0. The Bertz CT molecular complexity index is 319. The van der Waals surface area contributed by atoms with Crippen LogP contribution in [-0.2, 0) is 0 Å². The zero-order valence-electron chi connectivity index (χ0n) is 8.84. The lowest BCUT2D eigenvalue weighted by Crippen LogP contribution is -2.19. The third-order valence-electron chi connectivity index (χ3n) is 2.60. The molecule has 0 bridgehead atoms. The van der Waals surface area contributed by atoms with Crippen LogP contribution < -0.4 is 5.73 Å². The number of benzene rings is 1. The summed E-state index contributed by atoms with van der Waals surface area (Å²) in [5, 5.41) is 0. The van der Waals surface area contributed by atoms with E-state index in [2.05, 4.69) is 22.9 Å². The van der Waals surface area contributed by atoms with Gasteiger partial charge >= 0.3 is 0 Å². The molecule has 0 saturated heterocycles. The Kier molecular flexibility index (Phi) is 6.41. The molecular weight excluding hydrogens is 280 g/mol. The third kappa shape index (κ3) is 3.44. The van der Waals surface area contributed by atoms with Gasteiger partial charge in [0, 0.05) is 11.6 Å². The fourth-order valence-electron chi connectivity index (χ4n) is 1.34. The first kappa shape index (κ1) is 14.9. The van der Waals surface area contributed by atoms with E-state index in [1.54, 1.807) is 12.1 Å². The minimum atomic E-state index is -0.236. The van der Waals surface area contributed by atoms with Crippen LogP contribution in [0.3, 0.4) is 0 Å². The quantitative estimate of drug-likeness (QED) is 0.894. The number of nitrogens with two attached hydrogens (primary N) is 1. The molecule has 2 N–H and O–H groups in total. The van der Waals surface area contributed by atoms with Crippen molar-refractivity contribution in [3.05, 3.63) is 34.1 Å². The molecule has 1 unspecified atom stereocenters. The highest BCUT2D eigenvalue weighted by Crippen LogP contribution is 2.27. The summed E-state index contributed by atoms with van der Waals surface area (Å²) in [5.41, 5.74) is 6.55. The molecule has 4 heteroatoms. The number of hydrogen-bond acceptors (Lipinski definition) is 1. The summed E-state index contributed by atoms with van der Waals surface area (Å²) < 4.78 is 14.1. The number of hydrogen-bond donors (Lipinski definition) is 1. The molecule has 0 amide bonds. The second-order valence-corrected chi connectivity index (χ2v) is 4.41. The van der Waals surface area contributed by atoms with Crippen molar-refractivity contribution in [2.24, 2.45) is 11.7 Å². The van der Waals surface area contributed by atoms with Crippen LogP contribution in [0.5, 0.6) is 0 Å². The highest BCUT2D eigenvalue weighted by atomic mass is 79.9. The van der Waals surface area contributed by atoms with Crippen LogP contribution in [0.15, 0.2) is 22.7 Å². The monoisotopic (exact) mass is 295 g/mol. The van der Waals surface area contributed by atoms with Crippen molar-refractivity contribution in [3.8, 4) is 0 Å². The van der Waals surface area contributed by atoms with Crippen molar-refractivity contribution in [1.29, 1.82) is 0 Å². The molecule has 0 aliphatic rings. The molecule has 1 aromatic carbocycles. The van der Waals surface area contributed by atoms with E-state index < -0.39 is 0 Å². The van der Waals surface area contributed by atoms with Crippen molar-refractivity contribution in [3.63, 3.8) is 0 Å². The smallest absolute Gasteiger partial charge is 0.142 e. The van der Waals surface area contributed by atoms with Gasteiger partial charge in [-0.2, -0.15) is 0 Å². The van der Waals surface area contributed by atoms with Gasteiger partial charge in [-0.15, -0.1) is 12.4 Å². The molecule has 2 atom stereocenters. The van der Waals surface area contributed by atoms with Crippen molar-refractivity contribution >= 4 is 28.3 Å². The molecule has 0 aromatic heterocycles. The minimum absolute atomic E-state index is 0. The predicted octanol–water partition coefficient (Wildman–Crippen LogP) is 4.06. The highest BCUT2D eigenvalue weighted by Gasteiger charge is 2.17. The van der Waals surface area contributed by atoms with Gasteiger partial charge in [0.1, 0.15) is 5.82 Å². The molecule has 0 radical (unpaired) electrons. The number of rotatable bonds is 3. The van der Waals surface area contributed by atoms with Crippen LogP contribution >= 0.6 is 28.3 Å². The van der Waals surface area contributed by atoms with Gasteiger partial charge in [0.05, 0.1) is 4.47 Å². The lowest BCUT2D eigenvalue weighted by molar-refractivity contribution is 0.438. The molecule has 15 heavy (non-hydrogen) atoms. The summed E-state index contributed by atoms with van der Waals surface area (Å²) in [6, 6.07) is 5.02. The van der Waals surface area contributed by atoms with Gasteiger partial charge < -0.3 is 5.73 Å². The van der Waals surface area contributed by atoms with Crippen LogP contribution in [0.4, 0.5) is 4.39 Å². The molecule has 0 aliphatic heterocycles. The van der Waals surface area contributed by atoms with Crippen LogP contribution in [0.2, 0.25) is 0 Å². The molecule has 0 aliphatic carbocycles. The molecule has 86 valence electrons. The predicted molar refractivity (Wildman–Crippen MR) is 67.7 cm³/mol. The van der Waals surface area contributed by atoms with Crippen molar-refractivity contribution in [1.82, 2.24) is 0 Å². The summed E-state index contributed by atoms with van der Waals surface area (Å²) in [6.07, 6.45) is 0.952. The average molecular weight is 297 g/mol. The van der Waals surface area contributed by atoms with Gasteiger partial charge in [-0.05, 0) is 27.9 Å². The van der Waals surface area contributed by atoms with E-state index in [4.69, 9.17) is 5.73 Å². The zero-order chi connectivity index (χ0) is 10.7. The van der Waals surface area contributed by atoms with E-state index in [0.717, 1.165) is 6.42 Å². The molecule has 1 rings (SSSR count). The van der Waals surface area contributed by atoms with Crippen molar-refractivity contribution in [2.45, 2.75) is 26.3 Å². The Morgan fingerprint density at radius 1 is 1.47 bits per heavy atom. The molecule has 0 saturated carbocycles. The molecular formula is C11H16BrClFN. The lowest BCUT2D eigenvalue weighted by Gasteiger charge is -2.19. The Morgan fingerprint density at radius 2 is 2.07 bits per heavy atom. The van der Waals surface area contributed by atoms with Crippen LogP contribution in [-0.4, -0.2) is 0 Å². The summed E-state index contributed by atoms with van der Waals surface area (Å²) in [6.45, 7) is 4.09. The van der Waals surface area contributed by atoms with Gasteiger partial charge in [-0.25, -0.2) is 4.39 Å². The van der Waals surface area contributed by atoms with E-state index in [-0.39, 0.29) is 24.3 Å². The molecule has 1 nitrogen and oxygen atoms in total. The maximum absolute atomic E-state index is 13.6. The molecule has 1 aromatic rings.